The van der Waals surface area contributed by atoms with Gasteiger partial charge in [-0.2, -0.15) is 0 Å². The van der Waals surface area contributed by atoms with Gasteiger partial charge in [0.05, 0.1) is 11.2 Å². The van der Waals surface area contributed by atoms with Gasteiger partial charge in [-0.15, -0.1) is 11.3 Å². The number of pyridine rings is 1. The maximum atomic E-state index is 4.19. The van der Waals surface area contributed by atoms with E-state index in [-0.39, 0.29) is 0 Å². The standard InChI is InChI=1S/C8H5BrN2S/c9-7-1-6(2-10-3-7)8-4-12-5-11-8/h1-5H. The molecule has 2 rings (SSSR count). The topological polar surface area (TPSA) is 25.8 Å². The van der Waals surface area contributed by atoms with Crippen LogP contribution in [0, 0.1) is 0 Å². The largest absolute Gasteiger partial charge is 0.263 e. The number of rotatable bonds is 1. The molecule has 2 aromatic heterocycles. The van der Waals surface area contributed by atoms with E-state index in [4.69, 9.17) is 0 Å². The molecule has 0 aliphatic rings. The molecule has 0 amide bonds. The lowest BCUT2D eigenvalue weighted by Gasteiger charge is -1.94. The van der Waals surface area contributed by atoms with Crippen LogP contribution in [0.4, 0.5) is 0 Å². The van der Waals surface area contributed by atoms with E-state index in [0.29, 0.717) is 0 Å². The minimum Gasteiger partial charge on any atom is -0.263 e. The molecule has 2 nitrogen and oxygen atoms in total. The van der Waals surface area contributed by atoms with Crippen LogP contribution in [0.5, 0.6) is 0 Å². The molecular formula is C8H5BrN2S. The number of aromatic nitrogens is 2. The highest BCUT2D eigenvalue weighted by Gasteiger charge is 1.99. The van der Waals surface area contributed by atoms with Gasteiger partial charge in [0.1, 0.15) is 0 Å². The molecule has 4 heteroatoms. The van der Waals surface area contributed by atoms with E-state index in [1.54, 1.807) is 23.7 Å². The Morgan fingerprint density at radius 3 is 2.92 bits per heavy atom. The molecule has 0 bridgehead atoms. The second-order valence-corrected chi connectivity index (χ2v) is 3.90. The predicted octanol–water partition coefficient (Wildman–Crippen LogP) is 2.97. The van der Waals surface area contributed by atoms with E-state index >= 15 is 0 Å². The highest BCUT2D eigenvalue weighted by atomic mass is 79.9. The van der Waals surface area contributed by atoms with Gasteiger partial charge >= 0.3 is 0 Å². The van der Waals surface area contributed by atoms with Crippen LogP contribution in [-0.4, -0.2) is 9.97 Å². The van der Waals surface area contributed by atoms with Gasteiger partial charge in [0.25, 0.3) is 0 Å². The Balaban J connectivity index is 2.48. The summed E-state index contributed by atoms with van der Waals surface area (Å²) in [5, 5.41) is 2.00. The normalized spacial score (nSPS) is 10.1. The van der Waals surface area contributed by atoms with Gasteiger partial charge in [-0.25, -0.2) is 4.98 Å². The Hall–Kier alpha value is -0.740. The summed E-state index contributed by atoms with van der Waals surface area (Å²) in [6.07, 6.45) is 3.57. The number of hydrogen-bond acceptors (Lipinski definition) is 3. The minimum absolute atomic E-state index is 0.980. The summed E-state index contributed by atoms with van der Waals surface area (Å²) in [6, 6.07) is 2.00. The number of halogens is 1. The van der Waals surface area contributed by atoms with Gasteiger partial charge in [0.15, 0.2) is 0 Å². The van der Waals surface area contributed by atoms with Crippen molar-refractivity contribution < 1.29 is 0 Å². The fourth-order valence-electron chi connectivity index (χ4n) is 0.907. The molecule has 2 aromatic rings. The number of thiazole rings is 1. The molecule has 0 fully saturated rings. The van der Waals surface area contributed by atoms with Crippen molar-refractivity contribution in [1.82, 2.24) is 9.97 Å². The van der Waals surface area contributed by atoms with Crippen LogP contribution in [-0.2, 0) is 0 Å². The van der Waals surface area contributed by atoms with Crippen LogP contribution in [0.2, 0.25) is 0 Å². The van der Waals surface area contributed by atoms with Crippen LogP contribution in [0.3, 0.4) is 0 Å². The van der Waals surface area contributed by atoms with Crippen molar-refractivity contribution in [3.63, 3.8) is 0 Å². The predicted molar refractivity (Wildman–Crippen MR) is 53.0 cm³/mol. The Morgan fingerprint density at radius 1 is 1.33 bits per heavy atom. The van der Waals surface area contributed by atoms with E-state index in [1.165, 1.54) is 0 Å². The molecule has 2 heterocycles. The monoisotopic (exact) mass is 240 g/mol. The molecule has 0 aliphatic heterocycles. The lowest BCUT2D eigenvalue weighted by Crippen LogP contribution is -1.78. The van der Waals surface area contributed by atoms with Crippen molar-refractivity contribution in [2.45, 2.75) is 0 Å². The number of nitrogens with zero attached hydrogens (tertiary/aromatic N) is 2. The van der Waals surface area contributed by atoms with Crippen LogP contribution in [0.1, 0.15) is 0 Å². The van der Waals surface area contributed by atoms with E-state index < -0.39 is 0 Å². The van der Waals surface area contributed by atoms with Gasteiger partial charge in [0.2, 0.25) is 0 Å². The average Bonchev–Trinajstić information content (AvgIpc) is 2.56. The highest BCUT2D eigenvalue weighted by Crippen LogP contribution is 2.20. The zero-order valence-corrected chi connectivity index (χ0v) is 8.47. The quantitative estimate of drug-likeness (QED) is 0.767. The van der Waals surface area contributed by atoms with E-state index in [1.807, 2.05) is 17.0 Å². The molecule has 0 aromatic carbocycles. The zero-order valence-electron chi connectivity index (χ0n) is 6.07. The maximum Gasteiger partial charge on any atom is 0.0827 e. The smallest absolute Gasteiger partial charge is 0.0827 e. The van der Waals surface area contributed by atoms with Gasteiger partial charge in [0, 0.05) is 27.8 Å². The highest BCUT2D eigenvalue weighted by molar-refractivity contribution is 9.10. The lowest BCUT2D eigenvalue weighted by molar-refractivity contribution is 1.29. The van der Waals surface area contributed by atoms with Crippen LogP contribution >= 0.6 is 27.3 Å². The van der Waals surface area contributed by atoms with E-state index in [9.17, 15) is 0 Å². The second-order valence-electron chi connectivity index (χ2n) is 2.27. The summed E-state index contributed by atoms with van der Waals surface area (Å²) in [6.45, 7) is 0. The maximum absolute atomic E-state index is 4.19. The molecule has 0 saturated carbocycles. The Kier molecular flexibility index (Phi) is 2.19. The molecule has 0 atom stereocenters. The lowest BCUT2D eigenvalue weighted by atomic mass is 10.2. The number of hydrogen-bond donors (Lipinski definition) is 0. The Labute approximate surface area is 82.4 Å². The van der Waals surface area contributed by atoms with Crippen molar-refractivity contribution in [1.29, 1.82) is 0 Å². The van der Waals surface area contributed by atoms with Crippen molar-refractivity contribution in [3.05, 3.63) is 33.8 Å². The second kappa shape index (κ2) is 3.33. The molecule has 0 unspecified atom stereocenters. The molecule has 0 saturated heterocycles. The molecule has 60 valence electrons. The van der Waals surface area contributed by atoms with Crippen molar-refractivity contribution >= 4 is 27.3 Å². The summed E-state index contributed by atoms with van der Waals surface area (Å²) < 4.78 is 0.980. The summed E-state index contributed by atoms with van der Waals surface area (Å²) in [4.78, 5) is 8.24. The van der Waals surface area contributed by atoms with Crippen molar-refractivity contribution in [2.75, 3.05) is 0 Å². The SMILES string of the molecule is Brc1cncc(-c2cscn2)c1. The first kappa shape index (κ1) is 7.89. The average molecular weight is 241 g/mol. The fourth-order valence-corrected chi connectivity index (χ4v) is 1.83. The molecule has 0 N–H and O–H groups in total. The van der Waals surface area contributed by atoms with Crippen LogP contribution in [0.25, 0.3) is 11.3 Å². The molecule has 0 spiro atoms. The first-order chi connectivity index (χ1) is 5.86. The molecule has 0 aliphatic carbocycles. The summed E-state index contributed by atoms with van der Waals surface area (Å²) in [5.74, 6) is 0. The van der Waals surface area contributed by atoms with Crippen LogP contribution in [0.15, 0.2) is 33.8 Å². The summed E-state index contributed by atoms with van der Waals surface area (Å²) >= 11 is 4.95. The van der Waals surface area contributed by atoms with Crippen molar-refractivity contribution in [2.24, 2.45) is 0 Å². The third kappa shape index (κ3) is 1.54. The first-order valence-corrected chi connectivity index (χ1v) is 5.09. The molecule has 0 radical (unpaired) electrons. The van der Waals surface area contributed by atoms with Gasteiger partial charge in [-0.05, 0) is 22.0 Å². The Morgan fingerprint density at radius 2 is 2.25 bits per heavy atom. The van der Waals surface area contributed by atoms with Gasteiger partial charge in [-0.3, -0.25) is 4.98 Å². The Bertz CT molecular complexity index is 372. The molecular weight excluding hydrogens is 236 g/mol. The molecule has 12 heavy (non-hydrogen) atoms. The van der Waals surface area contributed by atoms with Crippen molar-refractivity contribution in [3.8, 4) is 11.3 Å². The first-order valence-electron chi connectivity index (χ1n) is 3.35. The van der Waals surface area contributed by atoms with E-state index in [2.05, 4.69) is 25.9 Å². The third-order valence-electron chi connectivity index (χ3n) is 1.43. The minimum atomic E-state index is 0.980. The van der Waals surface area contributed by atoms with Gasteiger partial charge in [-0.1, -0.05) is 0 Å². The third-order valence-corrected chi connectivity index (χ3v) is 2.45. The zero-order chi connectivity index (χ0) is 8.39. The summed E-state index contributed by atoms with van der Waals surface area (Å²) in [7, 11) is 0. The van der Waals surface area contributed by atoms with Gasteiger partial charge < -0.3 is 0 Å². The summed E-state index contributed by atoms with van der Waals surface area (Å²) in [5.41, 5.74) is 3.84. The van der Waals surface area contributed by atoms with Crippen LogP contribution < -0.4 is 0 Å². The van der Waals surface area contributed by atoms with E-state index in [0.717, 1.165) is 15.7 Å². The fraction of sp³-hybridized carbons (Fsp3) is 0.